The predicted molar refractivity (Wildman–Crippen MR) is 72.5 cm³/mol. The summed E-state index contributed by atoms with van der Waals surface area (Å²) in [4.78, 5) is 11.3. The molecular formula is C11H17N3O4S. The molecule has 0 saturated heterocycles. The molecule has 0 fully saturated rings. The van der Waals surface area contributed by atoms with Crippen LogP contribution < -0.4 is 15.2 Å². The number of primary amides is 1. The fourth-order valence-electron chi connectivity index (χ4n) is 1.38. The van der Waals surface area contributed by atoms with Crippen molar-refractivity contribution in [2.24, 2.45) is 5.73 Å². The standard InChI is InChI=1S/C11H17N3O4S/c1-7-5-10(18-4)8(11(12)15)6-9(7)13-19(16,17)14(2)3/h5-6,13H,1-4H3,(H2,12,15). The first-order valence-corrected chi connectivity index (χ1v) is 6.81. The van der Waals surface area contributed by atoms with Gasteiger partial charge in [0.25, 0.3) is 5.91 Å². The summed E-state index contributed by atoms with van der Waals surface area (Å²) in [6.07, 6.45) is 0. The lowest BCUT2D eigenvalue weighted by Crippen LogP contribution is -2.29. The number of carbonyl (C=O) groups excluding carboxylic acids is 1. The number of rotatable bonds is 5. The van der Waals surface area contributed by atoms with Crippen LogP contribution in [0.2, 0.25) is 0 Å². The van der Waals surface area contributed by atoms with E-state index in [1.807, 2.05) is 0 Å². The van der Waals surface area contributed by atoms with Gasteiger partial charge in [0.15, 0.2) is 0 Å². The van der Waals surface area contributed by atoms with Crippen molar-refractivity contribution in [2.75, 3.05) is 25.9 Å². The molecule has 0 heterocycles. The van der Waals surface area contributed by atoms with E-state index in [0.29, 0.717) is 11.3 Å². The molecule has 0 aliphatic rings. The van der Waals surface area contributed by atoms with Crippen LogP contribution in [0.25, 0.3) is 0 Å². The van der Waals surface area contributed by atoms with E-state index in [4.69, 9.17) is 10.5 Å². The number of anilines is 1. The second-order valence-corrected chi connectivity index (χ2v) is 6.01. The van der Waals surface area contributed by atoms with Crippen LogP contribution in [0, 0.1) is 6.92 Å². The zero-order valence-corrected chi connectivity index (χ0v) is 12.0. The lowest BCUT2D eigenvalue weighted by atomic mass is 10.1. The van der Waals surface area contributed by atoms with Crippen LogP contribution >= 0.6 is 0 Å². The number of nitrogens with zero attached hydrogens (tertiary/aromatic N) is 1. The Morgan fingerprint density at radius 1 is 1.37 bits per heavy atom. The maximum atomic E-state index is 11.8. The van der Waals surface area contributed by atoms with Gasteiger partial charge < -0.3 is 10.5 Å². The normalized spacial score (nSPS) is 11.4. The fourth-order valence-corrected chi connectivity index (χ4v) is 2.06. The Kier molecular flexibility index (Phi) is 4.38. The van der Waals surface area contributed by atoms with Gasteiger partial charge in [-0.2, -0.15) is 12.7 Å². The van der Waals surface area contributed by atoms with Crippen molar-refractivity contribution < 1.29 is 17.9 Å². The molecule has 1 aromatic rings. The molecule has 7 nitrogen and oxygen atoms in total. The van der Waals surface area contributed by atoms with Gasteiger partial charge >= 0.3 is 10.2 Å². The van der Waals surface area contributed by atoms with E-state index in [-0.39, 0.29) is 11.3 Å². The van der Waals surface area contributed by atoms with Gasteiger partial charge in [-0.25, -0.2) is 0 Å². The van der Waals surface area contributed by atoms with Gasteiger partial charge in [0.05, 0.1) is 18.4 Å². The van der Waals surface area contributed by atoms with Gasteiger partial charge in [-0.1, -0.05) is 0 Å². The molecule has 0 radical (unpaired) electrons. The molecule has 106 valence electrons. The molecule has 0 aliphatic carbocycles. The molecule has 3 N–H and O–H groups in total. The molecule has 0 unspecified atom stereocenters. The molecule has 0 aromatic heterocycles. The highest BCUT2D eigenvalue weighted by Crippen LogP contribution is 2.27. The van der Waals surface area contributed by atoms with E-state index >= 15 is 0 Å². The zero-order valence-electron chi connectivity index (χ0n) is 11.2. The summed E-state index contributed by atoms with van der Waals surface area (Å²) in [6.45, 7) is 1.70. The van der Waals surface area contributed by atoms with Crippen LogP contribution in [0.5, 0.6) is 5.75 Å². The summed E-state index contributed by atoms with van der Waals surface area (Å²) in [5.41, 5.74) is 6.24. The Balaban J connectivity index is 3.31. The minimum Gasteiger partial charge on any atom is -0.496 e. The van der Waals surface area contributed by atoms with E-state index in [1.165, 1.54) is 27.3 Å². The Morgan fingerprint density at radius 3 is 2.37 bits per heavy atom. The molecule has 0 aliphatic heterocycles. The largest absolute Gasteiger partial charge is 0.496 e. The number of amides is 1. The van der Waals surface area contributed by atoms with Crippen LogP contribution in [-0.2, 0) is 10.2 Å². The summed E-state index contributed by atoms with van der Waals surface area (Å²) in [5, 5.41) is 0. The summed E-state index contributed by atoms with van der Waals surface area (Å²) in [7, 11) is 0.560. The molecule has 8 heteroatoms. The number of aryl methyl sites for hydroxylation is 1. The molecule has 1 aromatic carbocycles. The van der Waals surface area contributed by atoms with Crippen molar-refractivity contribution >= 4 is 21.8 Å². The second kappa shape index (κ2) is 5.45. The number of nitrogens with two attached hydrogens (primary N) is 1. The average Bonchev–Trinajstić information content (AvgIpc) is 2.30. The van der Waals surface area contributed by atoms with E-state index in [2.05, 4.69) is 4.72 Å². The summed E-state index contributed by atoms with van der Waals surface area (Å²) >= 11 is 0. The predicted octanol–water partition coefficient (Wildman–Crippen LogP) is 0.321. The number of hydrogen-bond acceptors (Lipinski definition) is 4. The maximum absolute atomic E-state index is 11.8. The SMILES string of the molecule is COc1cc(C)c(NS(=O)(=O)N(C)C)cc1C(N)=O. The van der Waals surface area contributed by atoms with Crippen molar-refractivity contribution in [1.82, 2.24) is 4.31 Å². The third-order valence-electron chi connectivity index (χ3n) is 2.53. The van der Waals surface area contributed by atoms with Gasteiger partial charge in [-0.15, -0.1) is 0 Å². The number of benzene rings is 1. The first kappa shape index (κ1) is 15.3. The van der Waals surface area contributed by atoms with Crippen molar-refractivity contribution in [3.63, 3.8) is 0 Å². The first-order valence-electron chi connectivity index (χ1n) is 5.37. The van der Waals surface area contributed by atoms with Crippen LogP contribution in [-0.4, -0.2) is 39.8 Å². The van der Waals surface area contributed by atoms with E-state index in [1.54, 1.807) is 13.0 Å². The fraction of sp³-hybridized carbons (Fsp3) is 0.364. The van der Waals surface area contributed by atoms with Crippen molar-refractivity contribution in [1.29, 1.82) is 0 Å². The number of nitrogens with one attached hydrogen (secondary N) is 1. The number of ether oxygens (including phenoxy) is 1. The second-order valence-electron chi connectivity index (χ2n) is 4.12. The molecule has 1 rings (SSSR count). The highest BCUT2D eigenvalue weighted by molar-refractivity contribution is 7.90. The topological polar surface area (TPSA) is 102 Å². The Bertz CT molecular complexity index is 596. The lowest BCUT2D eigenvalue weighted by Gasteiger charge is -2.16. The molecule has 0 bridgehead atoms. The monoisotopic (exact) mass is 287 g/mol. The molecule has 0 saturated carbocycles. The molecule has 1 amide bonds. The van der Waals surface area contributed by atoms with Gasteiger partial charge in [0, 0.05) is 14.1 Å². The van der Waals surface area contributed by atoms with Gasteiger partial charge in [0.1, 0.15) is 5.75 Å². The summed E-state index contributed by atoms with van der Waals surface area (Å²) in [6, 6.07) is 2.91. The highest BCUT2D eigenvalue weighted by atomic mass is 32.2. The number of methoxy groups -OCH3 is 1. The highest BCUT2D eigenvalue weighted by Gasteiger charge is 2.18. The van der Waals surface area contributed by atoms with Gasteiger partial charge in [0.2, 0.25) is 0 Å². The summed E-state index contributed by atoms with van der Waals surface area (Å²) < 4.78 is 31.9. The van der Waals surface area contributed by atoms with Crippen molar-refractivity contribution in [3.8, 4) is 5.75 Å². The zero-order chi connectivity index (χ0) is 14.8. The minimum atomic E-state index is -3.65. The quantitative estimate of drug-likeness (QED) is 0.814. The average molecular weight is 287 g/mol. The van der Waals surface area contributed by atoms with Crippen LogP contribution in [0.1, 0.15) is 15.9 Å². The Morgan fingerprint density at radius 2 is 1.95 bits per heavy atom. The Hall–Kier alpha value is -1.80. The number of hydrogen-bond donors (Lipinski definition) is 2. The number of carbonyl (C=O) groups is 1. The van der Waals surface area contributed by atoms with Gasteiger partial charge in [-0.05, 0) is 24.6 Å². The third kappa shape index (κ3) is 3.36. The first-order chi connectivity index (χ1) is 8.69. The smallest absolute Gasteiger partial charge is 0.301 e. The van der Waals surface area contributed by atoms with E-state index < -0.39 is 16.1 Å². The van der Waals surface area contributed by atoms with Crippen molar-refractivity contribution in [2.45, 2.75) is 6.92 Å². The van der Waals surface area contributed by atoms with E-state index in [0.717, 1.165) is 4.31 Å². The van der Waals surface area contributed by atoms with Crippen LogP contribution in [0.4, 0.5) is 5.69 Å². The minimum absolute atomic E-state index is 0.115. The maximum Gasteiger partial charge on any atom is 0.301 e. The van der Waals surface area contributed by atoms with Crippen LogP contribution in [0.15, 0.2) is 12.1 Å². The van der Waals surface area contributed by atoms with E-state index in [9.17, 15) is 13.2 Å². The molecular weight excluding hydrogens is 270 g/mol. The van der Waals surface area contributed by atoms with Crippen LogP contribution in [0.3, 0.4) is 0 Å². The third-order valence-corrected chi connectivity index (χ3v) is 3.97. The van der Waals surface area contributed by atoms with Crippen molar-refractivity contribution in [3.05, 3.63) is 23.3 Å². The Labute approximate surface area is 112 Å². The van der Waals surface area contributed by atoms with Gasteiger partial charge in [-0.3, -0.25) is 9.52 Å². The lowest BCUT2D eigenvalue weighted by molar-refractivity contribution is 0.0997. The summed E-state index contributed by atoms with van der Waals surface area (Å²) in [5.74, 6) is -0.389. The molecule has 19 heavy (non-hydrogen) atoms. The molecule has 0 atom stereocenters. The molecule has 0 spiro atoms.